The van der Waals surface area contributed by atoms with Gasteiger partial charge < -0.3 is 15.5 Å². The molecule has 39 heavy (non-hydrogen) atoms. The van der Waals surface area contributed by atoms with Gasteiger partial charge in [0.05, 0.1) is 10.9 Å². The molecule has 2 unspecified atom stereocenters. The van der Waals surface area contributed by atoms with Gasteiger partial charge >= 0.3 is 5.51 Å². The summed E-state index contributed by atoms with van der Waals surface area (Å²) in [6.45, 7) is 5.81. The van der Waals surface area contributed by atoms with Crippen molar-refractivity contribution in [3.05, 3.63) is 65.2 Å². The maximum absolute atomic E-state index is 13.0. The number of amides is 3. The standard InChI is InChI=1S/C27H30F3N3O5S/c1-16-7-8-17(2)33(16)24(35)20-11-9-19(10-12-20)18(3)31-25(36)26(13-14-26)32-23(34)21-5-4-6-22(15-21)39(37,38)27(28,29)30/h4-6,9-12,15-18H,7-8,13-14H2,1-3H3,(H,31,36)(H,32,34)/t16?,17?,18-/m1/s1. The molecule has 1 aliphatic heterocycles. The Morgan fingerprint density at radius 1 is 0.974 bits per heavy atom. The van der Waals surface area contributed by atoms with Crippen LogP contribution < -0.4 is 10.6 Å². The van der Waals surface area contributed by atoms with Crippen LogP contribution >= 0.6 is 0 Å². The second-order valence-corrected chi connectivity index (χ2v) is 12.3. The lowest BCUT2D eigenvalue weighted by Gasteiger charge is -2.26. The number of alkyl halides is 3. The van der Waals surface area contributed by atoms with E-state index in [1.807, 2.05) is 18.7 Å². The molecule has 3 amide bonds. The smallest absolute Gasteiger partial charge is 0.348 e. The van der Waals surface area contributed by atoms with Crippen molar-refractivity contribution in [1.82, 2.24) is 15.5 Å². The van der Waals surface area contributed by atoms with E-state index >= 15 is 0 Å². The molecule has 1 saturated carbocycles. The van der Waals surface area contributed by atoms with Crippen LogP contribution in [0.5, 0.6) is 0 Å². The largest absolute Gasteiger partial charge is 0.501 e. The monoisotopic (exact) mass is 565 g/mol. The van der Waals surface area contributed by atoms with Crippen LogP contribution in [0.15, 0.2) is 53.4 Å². The molecular formula is C27H30F3N3O5S. The zero-order valence-electron chi connectivity index (χ0n) is 21.7. The first kappa shape index (κ1) is 28.6. The second-order valence-electron chi connectivity index (χ2n) is 10.3. The molecule has 1 heterocycles. The summed E-state index contributed by atoms with van der Waals surface area (Å²) in [6, 6.07) is 10.4. The van der Waals surface area contributed by atoms with Gasteiger partial charge in [-0.15, -0.1) is 0 Å². The predicted molar refractivity (Wildman–Crippen MR) is 136 cm³/mol. The van der Waals surface area contributed by atoms with E-state index in [0.717, 1.165) is 30.5 Å². The number of hydrogen-bond donors (Lipinski definition) is 2. The molecule has 3 atom stereocenters. The van der Waals surface area contributed by atoms with Gasteiger partial charge in [-0.3, -0.25) is 14.4 Å². The Hall–Kier alpha value is -3.41. The summed E-state index contributed by atoms with van der Waals surface area (Å²) in [4.78, 5) is 39.5. The van der Waals surface area contributed by atoms with Gasteiger partial charge in [0.15, 0.2) is 0 Å². The molecule has 2 aromatic rings. The number of likely N-dealkylation sites (tertiary alicyclic amines) is 1. The molecule has 210 valence electrons. The summed E-state index contributed by atoms with van der Waals surface area (Å²) >= 11 is 0. The first-order valence-corrected chi connectivity index (χ1v) is 14.1. The van der Waals surface area contributed by atoms with Crippen LogP contribution in [-0.2, 0) is 14.6 Å². The summed E-state index contributed by atoms with van der Waals surface area (Å²) in [6.07, 6.45) is 2.56. The van der Waals surface area contributed by atoms with Crippen molar-refractivity contribution in [2.75, 3.05) is 0 Å². The van der Waals surface area contributed by atoms with E-state index in [2.05, 4.69) is 10.6 Å². The SMILES string of the molecule is CC1CCC(C)N1C(=O)c1ccc([C@@H](C)NC(=O)C2(NC(=O)c3cccc(S(=O)(=O)C(F)(F)F)c3)CC2)cc1. The molecule has 1 saturated heterocycles. The number of benzene rings is 2. The fourth-order valence-corrected chi connectivity index (χ4v) is 5.65. The van der Waals surface area contributed by atoms with Gasteiger partial charge in [0.25, 0.3) is 21.7 Å². The average Bonchev–Trinajstić information content (AvgIpc) is 3.59. The van der Waals surface area contributed by atoms with Crippen LogP contribution in [0, 0.1) is 0 Å². The van der Waals surface area contributed by atoms with Gasteiger partial charge in [-0.1, -0.05) is 18.2 Å². The highest BCUT2D eigenvalue weighted by Crippen LogP contribution is 2.37. The Morgan fingerprint density at radius 2 is 1.56 bits per heavy atom. The van der Waals surface area contributed by atoms with Gasteiger partial charge in [-0.2, -0.15) is 13.2 Å². The molecule has 2 N–H and O–H groups in total. The van der Waals surface area contributed by atoms with Gasteiger partial charge in [0.1, 0.15) is 5.54 Å². The molecule has 12 heteroatoms. The molecule has 0 spiro atoms. The van der Waals surface area contributed by atoms with E-state index < -0.39 is 43.6 Å². The Kier molecular flexibility index (Phi) is 7.54. The summed E-state index contributed by atoms with van der Waals surface area (Å²) in [5, 5.41) is 5.38. The molecule has 8 nitrogen and oxygen atoms in total. The van der Waals surface area contributed by atoms with E-state index in [1.165, 1.54) is 6.07 Å². The van der Waals surface area contributed by atoms with E-state index in [-0.39, 0.29) is 23.6 Å². The Bertz CT molecular complexity index is 1380. The minimum absolute atomic E-state index is 0.0394. The number of carbonyl (C=O) groups is 3. The molecule has 0 aromatic heterocycles. The Labute approximate surface area is 224 Å². The molecule has 1 aliphatic carbocycles. The van der Waals surface area contributed by atoms with Gasteiger partial charge in [-0.25, -0.2) is 8.42 Å². The molecule has 4 rings (SSSR count). The predicted octanol–water partition coefficient (Wildman–Crippen LogP) is 4.13. The first-order chi connectivity index (χ1) is 18.2. The fraction of sp³-hybridized carbons (Fsp3) is 0.444. The summed E-state index contributed by atoms with van der Waals surface area (Å²) < 4.78 is 62.1. The van der Waals surface area contributed by atoms with Crippen LogP contribution in [0.1, 0.15) is 78.8 Å². The maximum atomic E-state index is 13.0. The molecule has 2 aliphatic rings. The van der Waals surface area contributed by atoms with Crippen LogP contribution in [-0.4, -0.2) is 54.2 Å². The van der Waals surface area contributed by atoms with Gasteiger partial charge in [0, 0.05) is 23.2 Å². The second kappa shape index (κ2) is 10.3. The van der Waals surface area contributed by atoms with Crippen molar-refractivity contribution >= 4 is 27.6 Å². The third-order valence-corrected chi connectivity index (χ3v) is 8.92. The highest BCUT2D eigenvalue weighted by atomic mass is 32.2. The minimum Gasteiger partial charge on any atom is -0.348 e. The average molecular weight is 566 g/mol. The number of carbonyl (C=O) groups excluding carboxylic acids is 3. The van der Waals surface area contributed by atoms with E-state index in [4.69, 9.17) is 0 Å². The molecule has 2 aromatic carbocycles. The van der Waals surface area contributed by atoms with E-state index in [1.54, 1.807) is 31.2 Å². The van der Waals surface area contributed by atoms with Gasteiger partial charge in [-0.05, 0) is 82.3 Å². The van der Waals surface area contributed by atoms with Crippen LogP contribution in [0.25, 0.3) is 0 Å². The van der Waals surface area contributed by atoms with Crippen LogP contribution in [0.2, 0.25) is 0 Å². The zero-order valence-corrected chi connectivity index (χ0v) is 22.5. The third-order valence-electron chi connectivity index (χ3n) is 7.44. The Morgan fingerprint density at radius 3 is 2.10 bits per heavy atom. The van der Waals surface area contributed by atoms with E-state index in [0.29, 0.717) is 24.5 Å². The van der Waals surface area contributed by atoms with Crippen molar-refractivity contribution in [3.63, 3.8) is 0 Å². The lowest BCUT2D eigenvalue weighted by Crippen LogP contribution is -2.49. The van der Waals surface area contributed by atoms with Crippen molar-refractivity contribution in [1.29, 1.82) is 0 Å². The third kappa shape index (κ3) is 5.66. The summed E-state index contributed by atoms with van der Waals surface area (Å²) in [5.74, 6) is -1.37. The summed E-state index contributed by atoms with van der Waals surface area (Å²) in [5.41, 5.74) is -5.77. The molecular weight excluding hydrogens is 535 g/mol. The number of nitrogens with zero attached hydrogens (tertiary/aromatic N) is 1. The summed E-state index contributed by atoms with van der Waals surface area (Å²) in [7, 11) is -5.63. The Balaban J connectivity index is 1.40. The molecule has 0 bridgehead atoms. The van der Waals surface area contributed by atoms with Gasteiger partial charge in [0.2, 0.25) is 5.91 Å². The topological polar surface area (TPSA) is 113 Å². The van der Waals surface area contributed by atoms with Crippen molar-refractivity contribution < 1.29 is 36.0 Å². The number of sulfone groups is 1. The first-order valence-electron chi connectivity index (χ1n) is 12.6. The zero-order chi connectivity index (χ0) is 28.8. The number of nitrogens with one attached hydrogen (secondary N) is 2. The molecule has 0 radical (unpaired) electrons. The van der Waals surface area contributed by atoms with Crippen molar-refractivity contribution in [2.24, 2.45) is 0 Å². The van der Waals surface area contributed by atoms with Crippen molar-refractivity contribution in [2.45, 2.75) is 80.5 Å². The number of halogens is 3. The maximum Gasteiger partial charge on any atom is 0.501 e. The lowest BCUT2D eigenvalue weighted by atomic mass is 10.0. The number of hydrogen-bond acceptors (Lipinski definition) is 5. The highest BCUT2D eigenvalue weighted by molar-refractivity contribution is 7.92. The number of rotatable bonds is 7. The molecule has 2 fully saturated rings. The quantitative estimate of drug-likeness (QED) is 0.524. The van der Waals surface area contributed by atoms with E-state index in [9.17, 15) is 36.0 Å². The van der Waals surface area contributed by atoms with Crippen LogP contribution in [0.3, 0.4) is 0 Å². The van der Waals surface area contributed by atoms with Crippen LogP contribution in [0.4, 0.5) is 13.2 Å². The minimum atomic E-state index is -5.63. The highest BCUT2D eigenvalue weighted by Gasteiger charge is 2.52. The normalized spacial score (nSPS) is 21.2. The lowest BCUT2D eigenvalue weighted by molar-refractivity contribution is -0.124. The fourth-order valence-electron chi connectivity index (χ4n) is 4.84. The van der Waals surface area contributed by atoms with Crippen molar-refractivity contribution in [3.8, 4) is 0 Å².